The lowest BCUT2D eigenvalue weighted by Crippen LogP contribution is -2.64. The van der Waals surface area contributed by atoms with Gasteiger partial charge in [0, 0.05) is 25.2 Å². The highest BCUT2D eigenvalue weighted by Crippen LogP contribution is 2.41. The van der Waals surface area contributed by atoms with Gasteiger partial charge in [0.2, 0.25) is 0 Å². The van der Waals surface area contributed by atoms with E-state index in [1.54, 1.807) is 4.90 Å². The van der Waals surface area contributed by atoms with Gasteiger partial charge in [0.15, 0.2) is 0 Å². The van der Waals surface area contributed by atoms with Crippen molar-refractivity contribution in [2.75, 3.05) is 92.0 Å². The van der Waals surface area contributed by atoms with Gasteiger partial charge in [-0.15, -0.1) is 0 Å². The maximum absolute atomic E-state index is 12.3. The minimum atomic E-state index is -0.455. The van der Waals surface area contributed by atoms with E-state index in [0.717, 1.165) is 72.2 Å². The average Bonchev–Trinajstić information content (AvgIpc) is 4.04. The maximum Gasteiger partial charge on any atom is 0.410 e. The van der Waals surface area contributed by atoms with Crippen LogP contribution in [0.2, 0.25) is 0 Å². The van der Waals surface area contributed by atoms with Gasteiger partial charge < -0.3 is 33.9 Å². The molecule has 0 aliphatic carbocycles. The van der Waals surface area contributed by atoms with Gasteiger partial charge in [-0.2, -0.15) is 0 Å². The van der Waals surface area contributed by atoms with E-state index in [9.17, 15) is 4.79 Å². The molecule has 0 radical (unpaired) electrons. The van der Waals surface area contributed by atoms with Crippen LogP contribution in [0.15, 0.2) is 60.7 Å². The fraction of sp³-hybridized carbons (Fsp3) is 0.638. The Morgan fingerprint density at radius 2 is 1.18 bits per heavy atom. The van der Waals surface area contributed by atoms with Crippen molar-refractivity contribution in [2.24, 2.45) is 0 Å². The molecule has 308 valence electrons. The Morgan fingerprint density at radius 3 is 1.60 bits per heavy atom. The van der Waals surface area contributed by atoms with Gasteiger partial charge in [-0.25, -0.2) is 4.79 Å². The molecule has 2 spiro atoms. The number of likely N-dealkylation sites (tertiary alicyclic amines) is 3. The lowest BCUT2D eigenvalue weighted by molar-refractivity contribution is -0.109. The van der Waals surface area contributed by atoms with Crippen molar-refractivity contribution in [1.29, 1.82) is 0 Å². The second-order valence-electron chi connectivity index (χ2n) is 18.9. The first-order chi connectivity index (χ1) is 27.6. The highest BCUT2D eigenvalue weighted by atomic mass is 16.6. The fourth-order valence-electron chi connectivity index (χ4n) is 10.7. The van der Waals surface area contributed by atoms with Crippen molar-refractivity contribution in [2.45, 2.75) is 100 Å². The third-order valence-electron chi connectivity index (χ3n) is 13.9. The Morgan fingerprint density at radius 1 is 0.702 bits per heavy atom. The third kappa shape index (κ3) is 8.65. The van der Waals surface area contributed by atoms with Gasteiger partial charge >= 0.3 is 6.09 Å². The summed E-state index contributed by atoms with van der Waals surface area (Å²) >= 11 is 0. The van der Waals surface area contributed by atoms with Crippen LogP contribution < -0.4 is 5.32 Å². The molecule has 0 saturated carbocycles. The number of nitrogens with one attached hydrogen (secondary N) is 1. The van der Waals surface area contributed by atoms with Crippen LogP contribution in [0.5, 0.6) is 0 Å². The van der Waals surface area contributed by atoms with Crippen LogP contribution in [0.4, 0.5) is 4.79 Å². The van der Waals surface area contributed by atoms with Crippen LogP contribution in [-0.4, -0.2) is 142 Å². The number of hydrogen-bond acceptors (Lipinski definition) is 9. The van der Waals surface area contributed by atoms with Crippen molar-refractivity contribution in [3.05, 3.63) is 82.9 Å². The molecule has 1 N–H and O–H groups in total. The van der Waals surface area contributed by atoms with Crippen LogP contribution in [0.25, 0.3) is 11.1 Å². The van der Waals surface area contributed by atoms with E-state index >= 15 is 0 Å². The number of carbonyl (C=O) groups excluding carboxylic acids is 1. The first-order valence-corrected chi connectivity index (χ1v) is 21.8. The number of amides is 1. The third-order valence-corrected chi connectivity index (χ3v) is 13.9. The lowest BCUT2D eigenvalue weighted by Gasteiger charge is -2.47. The van der Waals surface area contributed by atoms with E-state index < -0.39 is 5.60 Å². The first-order valence-electron chi connectivity index (χ1n) is 21.8. The molecule has 0 unspecified atom stereocenters. The van der Waals surface area contributed by atoms with Crippen LogP contribution >= 0.6 is 0 Å². The zero-order chi connectivity index (χ0) is 39.0. The summed E-state index contributed by atoms with van der Waals surface area (Å²) in [5.41, 5.74) is 8.07. The van der Waals surface area contributed by atoms with Gasteiger partial charge in [0.25, 0.3) is 0 Å². The number of rotatable bonds is 6. The molecular weight excluding hydrogens is 717 g/mol. The normalized spacial score (nSPS) is 27.8. The Bertz CT molecular complexity index is 1790. The molecule has 2 aromatic carbocycles. The molecule has 6 saturated heterocycles. The predicted octanol–water partition coefficient (Wildman–Crippen LogP) is 6.47. The molecular formula is C47H64N4O6. The van der Waals surface area contributed by atoms with Gasteiger partial charge in [0.1, 0.15) is 11.2 Å². The van der Waals surface area contributed by atoms with Crippen LogP contribution in [0, 0.1) is 0 Å². The van der Waals surface area contributed by atoms with E-state index in [-0.39, 0.29) is 17.3 Å². The van der Waals surface area contributed by atoms with E-state index in [1.165, 1.54) is 78.6 Å². The number of nitrogens with zero attached hydrogens (tertiary/aromatic N) is 3. The number of benzene rings is 2. The van der Waals surface area contributed by atoms with Crippen molar-refractivity contribution in [3.63, 3.8) is 0 Å². The Balaban J connectivity index is 0.000000153. The quantitative estimate of drug-likeness (QED) is 0.355. The topological polar surface area (TPSA) is 85.0 Å². The van der Waals surface area contributed by atoms with E-state index in [1.807, 2.05) is 20.8 Å². The molecule has 10 rings (SSSR count). The van der Waals surface area contributed by atoms with Crippen molar-refractivity contribution >= 4 is 17.2 Å². The van der Waals surface area contributed by atoms with Crippen molar-refractivity contribution in [3.8, 4) is 0 Å². The molecule has 8 heterocycles. The summed E-state index contributed by atoms with van der Waals surface area (Å²) in [5.74, 6) is 1.28. The minimum absolute atomic E-state index is 0.167. The largest absolute Gasteiger partial charge is 0.444 e. The summed E-state index contributed by atoms with van der Waals surface area (Å²) < 4.78 is 29.0. The van der Waals surface area contributed by atoms with Crippen molar-refractivity contribution in [1.82, 2.24) is 20.0 Å². The van der Waals surface area contributed by atoms with Gasteiger partial charge in [-0.05, 0) is 131 Å². The van der Waals surface area contributed by atoms with Crippen molar-refractivity contribution < 1.29 is 28.5 Å². The molecule has 8 aliphatic heterocycles. The fourth-order valence-corrected chi connectivity index (χ4v) is 10.7. The first kappa shape index (κ1) is 39.4. The predicted molar refractivity (Wildman–Crippen MR) is 222 cm³/mol. The molecule has 6 fully saturated rings. The summed E-state index contributed by atoms with van der Waals surface area (Å²) in [5, 5.41) is 3.37. The van der Waals surface area contributed by atoms with E-state index in [2.05, 4.69) is 75.8 Å². The number of hydrogen-bond donors (Lipinski definition) is 1. The highest BCUT2D eigenvalue weighted by Gasteiger charge is 2.53. The molecule has 10 nitrogen and oxygen atoms in total. The zero-order valence-corrected chi connectivity index (χ0v) is 34.5. The smallest absolute Gasteiger partial charge is 0.410 e. The summed E-state index contributed by atoms with van der Waals surface area (Å²) in [6.45, 7) is 18.4. The number of carbonyl (C=O) groups is 1. The second kappa shape index (κ2) is 16.5. The van der Waals surface area contributed by atoms with Crippen LogP contribution in [0.1, 0.15) is 93.4 Å². The standard InChI is InChI=1S/C26H36N2O4.C21H28N2O2/c1-25(2,3)32-24(29)28-17-26(18-28)14-21(16-31-26)27-11-8-19(9-12-27)22-6-4-5-7-23(22)20-10-13-30-15-20;1-2-4-20(17-7-10-24-12-17)19(3-1)16-5-8-23(9-6-16)18-11-21(25-13-18)14-22-15-21/h4-7,10,19,21H,8-9,11-18H2,1-3H3;1-4,7,16,18,22H,5-6,8-15H2/t21-;18-/m00/s1. The monoisotopic (exact) mass is 780 g/mol. The molecule has 0 aromatic heterocycles. The maximum atomic E-state index is 12.3. The second-order valence-corrected chi connectivity index (χ2v) is 18.9. The summed E-state index contributed by atoms with van der Waals surface area (Å²) in [6.07, 6.45) is 11.3. The average molecular weight is 781 g/mol. The molecule has 2 aromatic rings. The zero-order valence-electron chi connectivity index (χ0n) is 34.5. The molecule has 0 bridgehead atoms. The molecule has 8 aliphatic rings. The van der Waals surface area contributed by atoms with Crippen LogP contribution in [0.3, 0.4) is 0 Å². The molecule has 1 amide bonds. The number of ether oxygens (including phenoxy) is 5. The Labute approximate surface area is 339 Å². The Hall–Kier alpha value is -3.09. The van der Waals surface area contributed by atoms with Gasteiger partial charge in [-0.1, -0.05) is 60.7 Å². The lowest BCUT2D eigenvalue weighted by atomic mass is 9.83. The van der Waals surface area contributed by atoms with E-state index in [4.69, 9.17) is 23.7 Å². The SMILES string of the molecule is C1=C(c2ccccc2C2CCN([C@@H]3COC4(CNC4)C3)CC2)COC1.CC(C)(C)OC(=O)N1CC2(C[C@H](N3CCC(c4ccccc4C4=CCOC4)CC3)CO2)C1. The molecule has 10 heteroatoms. The highest BCUT2D eigenvalue weighted by molar-refractivity contribution is 5.72. The van der Waals surface area contributed by atoms with Gasteiger partial charge in [-0.3, -0.25) is 9.80 Å². The molecule has 57 heavy (non-hydrogen) atoms. The minimum Gasteiger partial charge on any atom is -0.444 e. The molecule has 2 atom stereocenters. The Kier molecular flexibility index (Phi) is 11.4. The van der Waals surface area contributed by atoms with Crippen LogP contribution in [-0.2, 0) is 23.7 Å². The summed E-state index contributed by atoms with van der Waals surface area (Å²) in [4.78, 5) is 19.4. The van der Waals surface area contributed by atoms with Gasteiger partial charge in [0.05, 0.1) is 58.3 Å². The number of piperidine rings is 2. The van der Waals surface area contributed by atoms with E-state index in [0.29, 0.717) is 37.0 Å². The summed E-state index contributed by atoms with van der Waals surface area (Å²) in [6, 6.07) is 18.9. The summed E-state index contributed by atoms with van der Waals surface area (Å²) in [7, 11) is 0.